The molecule has 2 aromatic carbocycles. The van der Waals surface area contributed by atoms with Crippen LogP contribution in [0.25, 0.3) is 0 Å². The van der Waals surface area contributed by atoms with Gasteiger partial charge in [0.2, 0.25) is 0 Å². The number of hydrogen-bond donors (Lipinski definition) is 0. The van der Waals surface area contributed by atoms with E-state index in [9.17, 15) is 14.7 Å². The number of carboxylic acid groups (broad SMARTS) is 1. The Morgan fingerprint density at radius 2 is 1.68 bits per heavy atom. The van der Waals surface area contributed by atoms with Crippen molar-refractivity contribution in [1.82, 2.24) is 0 Å². The summed E-state index contributed by atoms with van der Waals surface area (Å²) in [6.07, 6.45) is 0. The van der Waals surface area contributed by atoms with Gasteiger partial charge in [-0.05, 0) is 24.3 Å². The summed E-state index contributed by atoms with van der Waals surface area (Å²) in [5.41, 5.74) is -0.281. The maximum Gasteiger partial charge on any atom is 0.344 e. The Bertz CT molecular complexity index is 637. The van der Waals surface area contributed by atoms with E-state index in [0.29, 0.717) is 5.02 Å². The van der Waals surface area contributed by atoms with E-state index in [2.05, 4.69) is 0 Å². The van der Waals surface area contributed by atoms with Crippen molar-refractivity contribution in [3.8, 4) is 5.75 Å². The summed E-state index contributed by atoms with van der Waals surface area (Å²) in [6.45, 7) is 0. The van der Waals surface area contributed by atoms with Crippen molar-refractivity contribution in [2.45, 2.75) is 0 Å². The lowest BCUT2D eigenvalue weighted by atomic mass is 10.1. The Balaban J connectivity index is 2.28. The van der Waals surface area contributed by atoms with Gasteiger partial charge in [-0.1, -0.05) is 35.9 Å². The molecule has 19 heavy (non-hydrogen) atoms. The van der Waals surface area contributed by atoms with Gasteiger partial charge < -0.3 is 14.6 Å². The van der Waals surface area contributed by atoms with E-state index in [1.165, 1.54) is 24.3 Å². The first kappa shape index (κ1) is 13.1. The fraction of sp³-hybridized carbons (Fsp3) is 0. The molecule has 96 valence electrons. The fourth-order valence-electron chi connectivity index (χ4n) is 1.53. The molecule has 0 fully saturated rings. The smallest absolute Gasteiger partial charge is 0.344 e. The molecule has 0 aliphatic carbocycles. The Kier molecular flexibility index (Phi) is 3.82. The van der Waals surface area contributed by atoms with E-state index in [4.69, 9.17) is 16.3 Å². The Morgan fingerprint density at radius 3 is 2.32 bits per heavy atom. The van der Waals surface area contributed by atoms with E-state index < -0.39 is 11.9 Å². The van der Waals surface area contributed by atoms with Gasteiger partial charge in [-0.2, -0.15) is 0 Å². The first-order valence-corrected chi connectivity index (χ1v) is 5.74. The molecule has 4 nitrogen and oxygen atoms in total. The van der Waals surface area contributed by atoms with Crippen molar-refractivity contribution in [2.24, 2.45) is 0 Å². The summed E-state index contributed by atoms with van der Waals surface area (Å²) in [7, 11) is 0. The summed E-state index contributed by atoms with van der Waals surface area (Å²) in [5, 5.41) is 11.3. The molecule has 0 unspecified atom stereocenters. The van der Waals surface area contributed by atoms with E-state index in [1.807, 2.05) is 0 Å². The zero-order valence-electron chi connectivity index (χ0n) is 9.63. The summed E-state index contributed by atoms with van der Waals surface area (Å²) < 4.78 is 5.06. The number of halogens is 1. The lowest BCUT2D eigenvalue weighted by Crippen LogP contribution is -2.25. The number of carbonyl (C=O) groups excluding carboxylic acids is 2. The molecule has 0 atom stereocenters. The number of esters is 1. The number of carboxylic acids is 1. The van der Waals surface area contributed by atoms with Crippen molar-refractivity contribution < 1.29 is 19.4 Å². The van der Waals surface area contributed by atoms with Crippen molar-refractivity contribution in [3.05, 3.63) is 64.7 Å². The number of aromatic carboxylic acids is 1. The van der Waals surface area contributed by atoms with E-state index in [0.717, 1.165) is 0 Å². The Labute approximate surface area is 114 Å². The minimum atomic E-state index is -1.43. The molecule has 2 rings (SSSR count). The maximum absolute atomic E-state index is 11.9. The third-order valence-electron chi connectivity index (χ3n) is 2.37. The largest absolute Gasteiger partial charge is 0.545 e. The first-order chi connectivity index (χ1) is 9.08. The zero-order chi connectivity index (χ0) is 13.8. The zero-order valence-corrected chi connectivity index (χ0v) is 10.4. The summed E-state index contributed by atoms with van der Waals surface area (Å²) in [5.74, 6) is -1.97. The van der Waals surface area contributed by atoms with Crippen molar-refractivity contribution in [2.75, 3.05) is 0 Å². The summed E-state index contributed by atoms with van der Waals surface area (Å²) in [4.78, 5) is 22.8. The molecule has 0 aromatic heterocycles. The van der Waals surface area contributed by atoms with Gasteiger partial charge in [0.25, 0.3) is 0 Å². The minimum absolute atomic E-state index is 0.0672. The summed E-state index contributed by atoms with van der Waals surface area (Å²) >= 11 is 5.76. The van der Waals surface area contributed by atoms with E-state index >= 15 is 0 Å². The van der Waals surface area contributed by atoms with Gasteiger partial charge in [-0.3, -0.25) is 0 Å². The fourth-order valence-corrected chi connectivity index (χ4v) is 1.71. The van der Waals surface area contributed by atoms with Crippen LogP contribution in [0.3, 0.4) is 0 Å². The highest BCUT2D eigenvalue weighted by Crippen LogP contribution is 2.19. The van der Waals surface area contributed by atoms with Crippen molar-refractivity contribution in [3.63, 3.8) is 0 Å². The molecule has 0 aliphatic heterocycles. The van der Waals surface area contributed by atoms with Crippen LogP contribution in [-0.4, -0.2) is 11.9 Å². The Hall–Kier alpha value is -2.33. The van der Waals surface area contributed by atoms with Gasteiger partial charge in [0.1, 0.15) is 5.75 Å². The minimum Gasteiger partial charge on any atom is -0.545 e. The molecule has 2 aromatic rings. The van der Waals surface area contributed by atoms with E-state index in [1.54, 1.807) is 24.3 Å². The van der Waals surface area contributed by atoms with E-state index in [-0.39, 0.29) is 16.9 Å². The van der Waals surface area contributed by atoms with Crippen LogP contribution in [-0.2, 0) is 0 Å². The third kappa shape index (κ3) is 3.11. The SMILES string of the molecule is O=C([O-])c1ccccc1C(=O)Oc1cccc(Cl)c1. The monoisotopic (exact) mass is 275 g/mol. The van der Waals surface area contributed by atoms with Crippen LogP contribution in [0.4, 0.5) is 0 Å². The lowest BCUT2D eigenvalue weighted by Gasteiger charge is -2.09. The average molecular weight is 276 g/mol. The second-order valence-electron chi connectivity index (χ2n) is 3.68. The van der Waals surface area contributed by atoms with Crippen LogP contribution >= 0.6 is 11.6 Å². The molecule has 0 saturated heterocycles. The predicted molar refractivity (Wildman–Crippen MR) is 67.2 cm³/mol. The number of benzene rings is 2. The van der Waals surface area contributed by atoms with Gasteiger partial charge >= 0.3 is 5.97 Å². The van der Waals surface area contributed by atoms with Crippen LogP contribution in [0.15, 0.2) is 48.5 Å². The van der Waals surface area contributed by atoms with Crippen molar-refractivity contribution >= 4 is 23.5 Å². The molecule has 0 radical (unpaired) electrons. The number of hydrogen-bond acceptors (Lipinski definition) is 4. The highest BCUT2D eigenvalue weighted by atomic mass is 35.5. The lowest BCUT2D eigenvalue weighted by molar-refractivity contribution is -0.255. The Morgan fingerprint density at radius 1 is 1.00 bits per heavy atom. The second-order valence-corrected chi connectivity index (χ2v) is 4.12. The predicted octanol–water partition coefficient (Wildman–Crippen LogP) is 1.92. The quantitative estimate of drug-likeness (QED) is 0.634. The number of ether oxygens (including phenoxy) is 1. The van der Waals surface area contributed by atoms with Crippen LogP contribution in [0.1, 0.15) is 20.7 Å². The first-order valence-electron chi connectivity index (χ1n) is 5.36. The highest BCUT2D eigenvalue weighted by molar-refractivity contribution is 6.30. The van der Waals surface area contributed by atoms with Gasteiger partial charge in [0, 0.05) is 10.6 Å². The molecule has 5 heteroatoms. The molecule has 0 bridgehead atoms. The average Bonchev–Trinajstić information content (AvgIpc) is 2.38. The third-order valence-corrected chi connectivity index (χ3v) is 2.61. The number of carbonyl (C=O) groups is 2. The topological polar surface area (TPSA) is 66.4 Å². The highest BCUT2D eigenvalue weighted by Gasteiger charge is 2.13. The molecule has 0 heterocycles. The van der Waals surface area contributed by atoms with Crippen molar-refractivity contribution in [1.29, 1.82) is 0 Å². The van der Waals surface area contributed by atoms with Crippen LogP contribution in [0.5, 0.6) is 5.75 Å². The number of rotatable bonds is 3. The standard InChI is InChI=1S/C14H9ClO4/c15-9-4-3-5-10(8-9)19-14(18)12-7-2-1-6-11(12)13(16)17/h1-8H,(H,16,17)/p-1. The van der Waals surface area contributed by atoms with Gasteiger partial charge in [0.05, 0.1) is 11.5 Å². The second kappa shape index (κ2) is 5.54. The molecule has 0 spiro atoms. The van der Waals surface area contributed by atoms with Crippen LogP contribution in [0, 0.1) is 0 Å². The molecular formula is C14H8ClO4-. The van der Waals surface area contributed by atoms with Gasteiger partial charge in [-0.25, -0.2) is 4.79 Å². The van der Waals surface area contributed by atoms with Gasteiger partial charge in [0.15, 0.2) is 0 Å². The normalized spacial score (nSPS) is 9.95. The van der Waals surface area contributed by atoms with Crippen LogP contribution in [0.2, 0.25) is 5.02 Å². The van der Waals surface area contributed by atoms with Gasteiger partial charge in [-0.15, -0.1) is 0 Å². The van der Waals surface area contributed by atoms with Crippen LogP contribution < -0.4 is 9.84 Å². The summed E-state index contributed by atoms with van der Waals surface area (Å²) in [6, 6.07) is 11.9. The molecular weight excluding hydrogens is 268 g/mol. The molecule has 0 saturated carbocycles. The molecule has 0 N–H and O–H groups in total. The maximum atomic E-state index is 11.9. The molecule has 0 amide bonds. The molecule has 0 aliphatic rings.